The van der Waals surface area contributed by atoms with E-state index in [1.54, 1.807) is 0 Å². The van der Waals surface area contributed by atoms with E-state index in [0.29, 0.717) is 0 Å². The van der Waals surface area contributed by atoms with Crippen molar-refractivity contribution in [1.82, 2.24) is 0 Å². The molecule has 320 valence electrons. The molecule has 2 heterocycles. The van der Waals surface area contributed by atoms with Crippen LogP contribution in [0.25, 0.3) is 88.0 Å². The van der Waals surface area contributed by atoms with Crippen molar-refractivity contribution in [2.45, 2.75) is 0 Å². The zero-order chi connectivity index (χ0) is 45.0. The maximum absolute atomic E-state index is 6.81. The second-order valence-corrected chi connectivity index (χ2v) is 17.2. The van der Waals surface area contributed by atoms with Crippen molar-refractivity contribution in [3.63, 3.8) is 0 Å². The van der Waals surface area contributed by atoms with Crippen molar-refractivity contribution in [1.29, 1.82) is 0 Å². The lowest BCUT2D eigenvalue weighted by atomic mass is 9.98. The quantitative estimate of drug-likeness (QED) is 0.145. The van der Waals surface area contributed by atoms with Crippen molar-refractivity contribution in [2.75, 3.05) is 9.80 Å². The summed E-state index contributed by atoms with van der Waals surface area (Å²) in [7, 11) is 0. The van der Waals surface area contributed by atoms with Crippen LogP contribution in [0.2, 0.25) is 0 Å². The van der Waals surface area contributed by atoms with Crippen molar-refractivity contribution in [3.05, 3.63) is 255 Å². The van der Waals surface area contributed by atoms with Gasteiger partial charge in [0.15, 0.2) is 0 Å². The largest absolute Gasteiger partial charge is 0.456 e. The number of anilines is 6. The summed E-state index contributed by atoms with van der Waals surface area (Å²) in [4.78, 5) is 4.78. The average molecular weight is 871 g/mol. The average Bonchev–Trinajstić information content (AvgIpc) is 4.00. The van der Waals surface area contributed by atoms with Gasteiger partial charge in [-0.15, -0.1) is 0 Å². The number of para-hydroxylation sites is 2. The molecule has 0 unspecified atom stereocenters. The van der Waals surface area contributed by atoms with Gasteiger partial charge in [-0.1, -0.05) is 176 Å². The van der Waals surface area contributed by atoms with Gasteiger partial charge < -0.3 is 18.6 Å². The van der Waals surface area contributed by atoms with Crippen molar-refractivity contribution in [2.24, 2.45) is 0 Å². The topological polar surface area (TPSA) is 32.8 Å². The molecule has 0 saturated carbocycles. The Kier molecular flexibility index (Phi) is 9.47. The number of hydrogen-bond acceptors (Lipinski definition) is 4. The minimum Gasteiger partial charge on any atom is -0.456 e. The van der Waals surface area contributed by atoms with Gasteiger partial charge in [0, 0.05) is 38.8 Å². The Morgan fingerprint density at radius 3 is 1.50 bits per heavy atom. The van der Waals surface area contributed by atoms with Crippen LogP contribution in [0, 0.1) is 0 Å². The molecule has 2 aromatic heterocycles. The van der Waals surface area contributed by atoms with E-state index in [9.17, 15) is 0 Å². The first kappa shape index (κ1) is 39.3. The summed E-state index contributed by atoms with van der Waals surface area (Å²) in [6.45, 7) is 0. The van der Waals surface area contributed by atoms with E-state index >= 15 is 0 Å². The molecule has 0 spiro atoms. The van der Waals surface area contributed by atoms with Gasteiger partial charge in [-0.05, 0) is 112 Å². The number of furan rings is 2. The van der Waals surface area contributed by atoms with Gasteiger partial charge in [0.05, 0.1) is 27.8 Å². The number of rotatable bonds is 9. The number of hydrogen-bond donors (Lipinski definition) is 0. The molecule has 0 radical (unpaired) electrons. The normalized spacial score (nSPS) is 11.5. The third-order valence-corrected chi connectivity index (χ3v) is 13.2. The highest BCUT2D eigenvalue weighted by Gasteiger charge is 2.24. The molecule has 11 aromatic carbocycles. The van der Waals surface area contributed by atoms with Crippen LogP contribution in [-0.2, 0) is 0 Å². The first-order valence-corrected chi connectivity index (χ1v) is 23.1. The summed E-state index contributed by atoms with van der Waals surface area (Å²) in [6.07, 6.45) is 0. The zero-order valence-electron chi connectivity index (χ0n) is 37.0. The van der Waals surface area contributed by atoms with Crippen LogP contribution in [0.4, 0.5) is 34.1 Å². The van der Waals surface area contributed by atoms with Crippen molar-refractivity contribution < 1.29 is 8.83 Å². The highest BCUT2D eigenvalue weighted by Crippen LogP contribution is 2.48. The minimum absolute atomic E-state index is 0.853. The number of benzene rings is 11. The molecule has 0 N–H and O–H groups in total. The Morgan fingerprint density at radius 2 is 0.765 bits per heavy atom. The van der Waals surface area contributed by atoms with Crippen molar-refractivity contribution in [3.8, 4) is 33.4 Å². The molecule has 68 heavy (non-hydrogen) atoms. The smallest absolute Gasteiger partial charge is 0.145 e. The molecule has 4 heteroatoms. The third kappa shape index (κ3) is 6.69. The van der Waals surface area contributed by atoms with E-state index in [0.717, 1.165) is 111 Å². The predicted octanol–water partition coefficient (Wildman–Crippen LogP) is 18.6. The molecule has 0 atom stereocenters. The minimum atomic E-state index is 0.853. The lowest BCUT2D eigenvalue weighted by Gasteiger charge is -2.28. The Hall–Kier alpha value is -9.12. The summed E-state index contributed by atoms with van der Waals surface area (Å²) in [5.74, 6) is 0. The van der Waals surface area contributed by atoms with Crippen LogP contribution in [0.1, 0.15) is 0 Å². The van der Waals surface area contributed by atoms with E-state index in [-0.39, 0.29) is 0 Å². The molecule has 0 amide bonds. The van der Waals surface area contributed by atoms with E-state index in [4.69, 9.17) is 8.83 Å². The Labute approximate surface area is 393 Å². The van der Waals surface area contributed by atoms with Crippen LogP contribution < -0.4 is 9.80 Å². The molecule has 0 aliphatic rings. The summed E-state index contributed by atoms with van der Waals surface area (Å²) in [5, 5.41) is 6.63. The van der Waals surface area contributed by atoms with Crippen LogP contribution in [-0.4, -0.2) is 0 Å². The Morgan fingerprint density at radius 1 is 0.265 bits per heavy atom. The fraction of sp³-hybridized carbons (Fsp3) is 0. The fourth-order valence-electron chi connectivity index (χ4n) is 10.1. The molecular formula is C64H42N2O2. The second-order valence-electron chi connectivity index (χ2n) is 17.2. The zero-order valence-corrected chi connectivity index (χ0v) is 37.0. The van der Waals surface area contributed by atoms with Crippen LogP contribution in [0.3, 0.4) is 0 Å². The van der Waals surface area contributed by atoms with Gasteiger partial charge in [0.2, 0.25) is 0 Å². The van der Waals surface area contributed by atoms with Gasteiger partial charge >= 0.3 is 0 Å². The summed E-state index contributed by atoms with van der Waals surface area (Å²) >= 11 is 0. The number of nitrogens with zero attached hydrogens (tertiary/aromatic N) is 2. The van der Waals surface area contributed by atoms with Gasteiger partial charge in [-0.25, -0.2) is 0 Å². The van der Waals surface area contributed by atoms with E-state index in [1.165, 1.54) is 10.9 Å². The van der Waals surface area contributed by atoms with E-state index < -0.39 is 0 Å². The lowest BCUT2D eigenvalue weighted by molar-refractivity contribution is 0.669. The first-order valence-electron chi connectivity index (χ1n) is 23.1. The standard InChI is InChI=1S/C64H42N2O2/c1-3-17-43(18-4-1)44-35-37-49(38-36-44)65(58-40-39-53(46-19-5-2-6-20-46)64-63(58)55-29-10-12-33-60(55)68-64)50-25-13-23-47(41-50)48-24-14-26-51(42-48)66(56-30-15-22-45-21-7-8-27-52(45)56)57-31-16-34-61-62(57)54-28-9-11-32-59(54)67-61/h1-42H. The summed E-state index contributed by atoms with van der Waals surface area (Å²) in [5.41, 5.74) is 16.4. The summed E-state index contributed by atoms with van der Waals surface area (Å²) < 4.78 is 13.3. The van der Waals surface area contributed by atoms with Crippen LogP contribution in [0.15, 0.2) is 264 Å². The van der Waals surface area contributed by atoms with Gasteiger partial charge in [-0.2, -0.15) is 0 Å². The lowest BCUT2D eigenvalue weighted by Crippen LogP contribution is -2.11. The summed E-state index contributed by atoms with van der Waals surface area (Å²) in [6, 6.07) is 90.6. The molecule has 13 rings (SSSR count). The fourth-order valence-corrected chi connectivity index (χ4v) is 10.1. The Balaban J connectivity index is 0.999. The molecule has 0 aliphatic carbocycles. The second kappa shape index (κ2) is 16.4. The van der Waals surface area contributed by atoms with E-state index in [2.05, 4.69) is 246 Å². The van der Waals surface area contributed by atoms with Crippen LogP contribution >= 0.6 is 0 Å². The highest BCUT2D eigenvalue weighted by molar-refractivity contribution is 6.18. The molecule has 0 fully saturated rings. The monoisotopic (exact) mass is 870 g/mol. The molecule has 0 bridgehead atoms. The number of fused-ring (bicyclic) bond motifs is 7. The van der Waals surface area contributed by atoms with E-state index in [1.807, 2.05) is 18.2 Å². The SMILES string of the molecule is c1ccc(-c2ccc(N(c3cccc(-c4cccc(N(c5cccc6ccccc56)c5cccc6oc7ccccc7c56)c4)c3)c3ccc(-c4ccccc4)c4oc5ccccc5c34)cc2)cc1. The first-order chi connectivity index (χ1) is 33.7. The molecule has 0 aliphatic heterocycles. The highest BCUT2D eigenvalue weighted by atomic mass is 16.3. The molecule has 13 aromatic rings. The maximum Gasteiger partial charge on any atom is 0.145 e. The van der Waals surface area contributed by atoms with Crippen molar-refractivity contribution >= 4 is 88.8 Å². The Bertz CT molecular complexity index is 3980. The molecule has 0 saturated heterocycles. The molecular weight excluding hydrogens is 829 g/mol. The maximum atomic E-state index is 6.81. The van der Waals surface area contributed by atoms with Crippen LogP contribution in [0.5, 0.6) is 0 Å². The van der Waals surface area contributed by atoms with Gasteiger partial charge in [-0.3, -0.25) is 0 Å². The molecule has 4 nitrogen and oxygen atoms in total. The van der Waals surface area contributed by atoms with Gasteiger partial charge in [0.25, 0.3) is 0 Å². The predicted molar refractivity (Wildman–Crippen MR) is 284 cm³/mol. The third-order valence-electron chi connectivity index (χ3n) is 13.2. The van der Waals surface area contributed by atoms with Gasteiger partial charge in [0.1, 0.15) is 22.3 Å².